The van der Waals surface area contributed by atoms with Crippen LogP contribution in [0.1, 0.15) is 29.3 Å². The van der Waals surface area contributed by atoms with Crippen LogP contribution in [-0.2, 0) is 10.2 Å². The molecule has 1 aliphatic rings. The van der Waals surface area contributed by atoms with Gasteiger partial charge in [0.2, 0.25) is 11.6 Å². The highest BCUT2D eigenvalue weighted by Crippen LogP contribution is 2.40. The highest BCUT2D eigenvalue weighted by atomic mass is 16.3. The first-order valence-corrected chi connectivity index (χ1v) is 10.8. The molecule has 190 valence electrons. The van der Waals surface area contributed by atoms with Crippen LogP contribution in [-0.4, -0.2) is 122 Å². The molecule has 0 aliphatic carbocycles. The molecule has 1 aromatic carbocycles. The van der Waals surface area contributed by atoms with Crippen molar-refractivity contribution in [2.75, 3.05) is 52.8 Å². The van der Waals surface area contributed by atoms with E-state index in [1.807, 2.05) is 0 Å². The monoisotopic (exact) mass is 484 g/mol. The molecule has 0 bridgehead atoms. The smallest absolute Gasteiger partial charge is 0.251 e. The van der Waals surface area contributed by atoms with Gasteiger partial charge in [0, 0.05) is 24.1 Å². The summed E-state index contributed by atoms with van der Waals surface area (Å²) in [5.74, 6) is -1.09. The van der Waals surface area contributed by atoms with Gasteiger partial charge in [0.1, 0.15) is 11.0 Å². The van der Waals surface area contributed by atoms with Crippen LogP contribution in [0.5, 0.6) is 0 Å². The van der Waals surface area contributed by atoms with Crippen molar-refractivity contribution < 1.29 is 49.9 Å². The van der Waals surface area contributed by atoms with Gasteiger partial charge in [-0.15, -0.1) is 0 Å². The number of hydrogen-bond donors (Lipinski definition) is 9. The Kier molecular flexibility index (Phi) is 9.64. The number of rotatable bonds is 13. The largest absolute Gasteiger partial charge is 0.395 e. The Morgan fingerprint density at radius 1 is 1.00 bits per heavy atom. The van der Waals surface area contributed by atoms with Gasteiger partial charge in [0.25, 0.3) is 5.91 Å². The van der Waals surface area contributed by atoms with Crippen molar-refractivity contribution in [2.24, 2.45) is 0 Å². The van der Waals surface area contributed by atoms with E-state index in [1.165, 1.54) is 12.1 Å². The molecule has 0 spiro atoms. The maximum absolute atomic E-state index is 12.6. The average molecular weight is 485 g/mol. The molecule has 0 unspecified atom stereocenters. The molecule has 1 aliphatic heterocycles. The summed E-state index contributed by atoms with van der Waals surface area (Å²) in [6.07, 6.45) is -0.0949. The summed E-state index contributed by atoms with van der Waals surface area (Å²) in [5, 5.41) is 71.9. The maximum atomic E-state index is 12.6. The zero-order valence-corrected chi connectivity index (χ0v) is 19.1. The van der Waals surface area contributed by atoms with Gasteiger partial charge < -0.3 is 46.4 Å². The Balaban J connectivity index is 2.33. The molecule has 0 radical (unpaired) electrons. The predicted molar refractivity (Wildman–Crippen MR) is 120 cm³/mol. The number of aliphatic hydroxyl groups excluding tert-OH is 7. The van der Waals surface area contributed by atoms with Gasteiger partial charge >= 0.3 is 0 Å². The summed E-state index contributed by atoms with van der Waals surface area (Å²) in [6, 6.07) is 3.80. The highest BCUT2D eigenvalue weighted by Gasteiger charge is 2.50. The third kappa shape index (κ3) is 5.28. The van der Waals surface area contributed by atoms with E-state index < -0.39 is 75.1 Å². The zero-order valence-electron chi connectivity index (χ0n) is 19.1. The molecular weight excluding hydrogens is 450 g/mol. The fourth-order valence-corrected chi connectivity index (χ4v) is 3.93. The van der Waals surface area contributed by atoms with Gasteiger partial charge in [-0.05, 0) is 12.1 Å². The molecule has 34 heavy (non-hydrogen) atoms. The van der Waals surface area contributed by atoms with Gasteiger partial charge in [0.05, 0.1) is 58.7 Å². The standard InChI is InChI=1S/C22H33N3O9/c1-14-22(12-31,13-32)17-6-15(20(34)23-16(7-26)8-27)2-3-18(17)25(14)5-4-19(33)24-21(9-28,10-29)11-30/h2-3,6,16,26-32H,4-5,7-13H2,1H3,(H-,23,24,33,34)/p+1. The first-order valence-electron chi connectivity index (χ1n) is 10.8. The quantitative estimate of drug-likeness (QED) is 0.126. The summed E-state index contributed by atoms with van der Waals surface area (Å²) < 4.78 is 1.73. The van der Waals surface area contributed by atoms with Gasteiger partial charge in [-0.3, -0.25) is 9.59 Å². The SMILES string of the molecule is CC1=[N+](CCC(=O)NC(CO)(CO)CO)c2ccc(C(=O)NC(CO)CO)cc2C1(CO)CO. The van der Waals surface area contributed by atoms with Crippen LogP contribution >= 0.6 is 0 Å². The van der Waals surface area contributed by atoms with Gasteiger partial charge in [-0.2, -0.15) is 4.58 Å². The topological polar surface area (TPSA) is 203 Å². The Hall–Kier alpha value is -2.45. The number of benzene rings is 1. The van der Waals surface area contributed by atoms with E-state index in [9.17, 15) is 45.3 Å². The number of fused-ring (bicyclic) bond motifs is 1. The molecule has 12 heteroatoms. The number of carbonyl (C=O) groups excluding carboxylic acids is 2. The molecule has 1 heterocycles. The van der Waals surface area contributed by atoms with Crippen molar-refractivity contribution in [3.05, 3.63) is 29.3 Å². The third-order valence-corrected chi connectivity index (χ3v) is 6.35. The Morgan fingerprint density at radius 3 is 2.09 bits per heavy atom. The fraction of sp³-hybridized carbons (Fsp3) is 0.591. The minimum absolute atomic E-state index is 0.0949. The second-order valence-corrected chi connectivity index (χ2v) is 8.46. The summed E-state index contributed by atoms with van der Waals surface area (Å²) in [5.41, 5.74) is -0.962. The summed E-state index contributed by atoms with van der Waals surface area (Å²) in [4.78, 5) is 25.0. The maximum Gasteiger partial charge on any atom is 0.251 e. The minimum atomic E-state index is -1.55. The Bertz CT molecular complexity index is 899. The first kappa shape index (κ1) is 27.8. The highest BCUT2D eigenvalue weighted by molar-refractivity contribution is 5.98. The lowest BCUT2D eigenvalue weighted by atomic mass is 9.79. The molecule has 0 atom stereocenters. The number of nitrogens with zero attached hydrogens (tertiary/aromatic N) is 1. The summed E-state index contributed by atoms with van der Waals surface area (Å²) in [6.45, 7) is -1.97. The van der Waals surface area contributed by atoms with Crippen LogP contribution in [0.15, 0.2) is 18.2 Å². The zero-order chi connectivity index (χ0) is 25.5. The van der Waals surface area contributed by atoms with Gasteiger partial charge in [0.15, 0.2) is 12.3 Å². The van der Waals surface area contributed by atoms with Crippen LogP contribution in [0.3, 0.4) is 0 Å². The summed E-state index contributed by atoms with van der Waals surface area (Å²) in [7, 11) is 0. The van der Waals surface area contributed by atoms with Crippen LogP contribution in [0, 0.1) is 0 Å². The Morgan fingerprint density at radius 2 is 1.59 bits per heavy atom. The molecule has 9 N–H and O–H groups in total. The number of aliphatic hydroxyl groups is 7. The van der Waals surface area contributed by atoms with Crippen LogP contribution in [0.25, 0.3) is 0 Å². The molecule has 2 rings (SSSR count). The van der Waals surface area contributed by atoms with Crippen LogP contribution < -0.4 is 10.6 Å². The van der Waals surface area contributed by atoms with E-state index in [2.05, 4.69) is 10.6 Å². The van der Waals surface area contributed by atoms with E-state index in [0.29, 0.717) is 17.0 Å². The van der Waals surface area contributed by atoms with Crippen molar-refractivity contribution in [3.8, 4) is 0 Å². The molecule has 0 fully saturated rings. The second kappa shape index (κ2) is 11.8. The van der Waals surface area contributed by atoms with Crippen LogP contribution in [0.2, 0.25) is 0 Å². The van der Waals surface area contributed by atoms with E-state index in [-0.39, 0.29) is 18.5 Å². The molecule has 0 saturated heterocycles. The predicted octanol–water partition coefficient (Wildman–Crippen LogP) is -3.67. The fourth-order valence-electron chi connectivity index (χ4n) is 3.93. The first-order chi connectivity index (χ1) is 16.2. The third-order valence-electron chi connectivity index (χ3n) is 6.35. The summed E-state index contributed by atoms with van der Waals surface area (Å²) >= 11 is 0. The number of hydrogen-bond acceptors (Lipinski definition) is 9. The number of amides is 2. The lowest BCUT2D eigenvalue weighted by Crippen LogP contribution is -2.57. The minimum Gasteiger partial charge on any atom is -0.395 e. The van der Waals surface area contributed by atoms with E-state index in [0.717, 1.165) is 0 Å². The molecule has 0 aromatic heterocycles. The van der Waals surface area contributed by atoms with E-state index >= 15 is 0 Å². The van der Waals surface area contributed by atoms with Crippen molar-refractivity contribution in [1.82, 2.24) is 10.6 Å². The molecule has 2 amide bonds. The lowest BCUT2D eigenvalue weighted by Gasteiger charge is -2.28. The average Bonchev–Trinajstić information content (AvgIpc) is 3.10. The molecule has 0 saturated carbocycles. The van der Waals surface area contributed by atoms with Crippen molar-refractivity contribution in [1.29, 1.82) is 0 Å². The van der Waals surface area contributed by atoms with Gasteiger partial charge in [-0.25, -0.2) is 0 Å². The van der Waals surface area contributed by atoms with E-state index in [4.69, 9.17) is 0 Å². The van der Waals surface area contributed by atoms with Gasteiger partial charge in [-0.1, -0.05) is 0 Å². The normalized spacial score (nSPS) is 15.0. The van der Waals surface area contributed by atoms with Crippen molar-refractivity contribution >= 4 is 23.2 Å². The Labute approximate surface area is 196 Å². The molecular formula is C22H34N3O9+. The number of carbonyl (C=O) groups is 2. The van der Waals surface area contributed by atoms with Crippen molar-refractivity contribution in [3.63, 3.8) is 0 Å². The molecule has 1 aromatic rings. The molecule has 12 nitrogen and oxygen atoms in total. The number of nitrogens with one attached hydrogen (secondary N) is 2. The van der Waals surface area contributed by atoms with Crippen molar-refractivity contribution in [2.45, 2.75) is 30.3 Å². The second-order valence-electron chi connectivity index (χ2n) is 8.46. The van der Waals surface area contributed by atoms with E-state index in [1.54, 1.807) is 17.6 Å². The van der Waals surface area contributed by atoms with Crippen LogP contribution in [0.4, 0.5) is 5.69 Å². The lowest BCUT2D eigenvalue weighted by molar-refractivity contribution is -0.438.